The van der Waals surface area contributed by atoms with Crippen molar-refractivity contribution in [1.82, 2.24) is 10.3 Å². The second-order valence-electron chi connectivity index (χ2n) is 5.49. The topological polar surface area (TPSA) is 71.5 Å². The van der Waals surface area contributed by atoms with Crippen LogP contribution in [-0.2, 0) is 4.79 Å². The number of carbonyl (C=O) groups excluding carboxylic acids is 1. The van der Waals surface area contributed by atoms with Gasteiger partial charge in [0, 0.05) is 24.1 Å². The van der Waals surface area contributed by atoms with Gasteiger partial charge in [0.2, 0.25) is 5.91 Å². The first kappa shape index (κ1) is 15.8. The number of nitrogens with one attached hydrogen (secondary N) is 1. The Morgan fingerprint density at radius 1 is 1.17 bits per heavy atom. The van der Waals surface area contributed by atoms with Crippen molar-refractivity contribution in [3.63, 3.8) is 0 Å². The molecular weight excluding hydrogens is 304 g/mol. The molecule has 0 aliphatic heterocycles. The van der Waals surface area contributed by atoms with Crippen molar-refractivity contribution in [1.29, 1.82) is 0 Å². The fourth-order valence-electron chi connectivity index (χ4n) is 2.72. The van der Waals surface area contributed by atoms with Crippen LogP contribution >= 0.6 is 0 Å². The van der Waals surface area contributed by atoms with Crippen LogP contribution < -0.4 is 10.1 Å². The van der Waals surface area contributed by atoms with Crippen LogP contribution in [0.15, 0.2) is 54.7 Å². The van der Waals surface area contributed by atoms with Gasteiger partial charge in [-0.1, -0.05) is 30.3 Å². The molecule has 0 aliphatic rings. The molecule has 0 aliphatic carbocycles. The summed E-state index contributed by atoms with van der Waals surface area (Å²) in [6.45, 7) is 1.45. The highest BCUT2D eigenvalue weighted by Crippen LogP contribution is 2.34. The number of nitrogens with zero attached hydrogens (tertiary/aromatic N) is 1. The molecule has 0 saturated carbocycles. The minimum atomic E-state index is -0.472. The molecule has 24 heavy (non-hydrogen) atoms. The Labute approximate surface area is 139 Å². The van der Waals surface area contributed by atoms with Crippen molar-refractivity contribution in [2.45, 2.75) is 13.0 Å². The van der Waals surface area contributed by atoms with Crippen LogP contribution in [0.25, 0.3) is 10.9 Å². The van der Waals surface area contributed by atoms with Crippen LogP contribution in [0.1, 0.15) is 24.1 Å². The maximum absolute atomic E-state index is 11.7. The average molecular weight is 322 g/mol. The largest absolute Gasteiger partial charge is 0.505 e. The second-order valence-corrected chi connectivity index (χ2v) is 5.49. The summed E-state index contributed by atoms with van der Waals surface area (Å²) < 4.78 is 5.17. The van der Waals surface area contributed by atoms with E-state index in [2.05, 4.69) is 10.3 Å². The van der Waals surface area contributed by atoms with Crippen molar-refractivity contribution >= 4 is 16.8 Å². The van der Waals surface area contributed by atoms with Gasteiger partial charge in [0.05, 0.1) is 13.2 Å². The summed E-state index contributed by atoms with van der Waals surface area (Å²) in [5.74, 6) is 0.615. The van der Waals surface area contributed by atoms with Crippen LogP contribution in [0.5, 0.6) is 11.5 Å². The first-order chi connectivity index (χ1) is 11.6. The average Bonchev–Trinajstić information content (AvgIpc) is 2.61. The Kier molecular flexibility index (Phi) is 4.33. The molecule has 5 nitrogen and oxygen atoms in total. The van der Waals surface area contributed by atoms with Crippen molar-refractivity contribution in [2.75, 3.05) is 7.11 Å². The van der Waals surface area contributed by atoms with Crippen LogP contribution in [0.3, 0.4) is 0 Å². The molecule has 2 N–H and O–H groups in total. The zero-order valence-electron chi connectivity index (χ0n) is 13.5. The molecule has 1 heterocycles. The standard InChI is InChI=1S/C19H18N2O3/c1-12(22)21-17(14-5-8-15(24-2)9-6-14)16-10-7-13-4-3-11-20-18(13)19(16)23/h3-11,17,23H,1-2H3,(H,21,22). The van der Waals surface area contributed by atoms with Crippen LogP contribution in [0.4, 0.5) is 0 Å². The van der Waals surface area contributed by atoms with E-state index in [1.165, 1.54) is 6.92 Å². The third-order valence-electron chi connectivity index (χ3n) is 3.89. The number of phenolic OH excluding ortho intramolecular Hbond substituents is 1. The first-order valence-corrected chi connectivity index (χ1v) is 7.58. The summed E-state index contributed by atoms with van der Waals surface area (Å²) in [6, 6.07) is 14.3. The molecule has 5 heteroatoms. The Bertz CT molecular complexity index is 875. The number of aromatic hydroxyl groups is 1. The van der Waals surface area contributed by atoms with Gasteiger partial charge in [-0.3, -0.25) is 9.78 Å². The number of fused-ring (bicyclic) bond motifs is 1. The minimum absolute atomic E-state index is 0.0719. The van der Waals surface area contributed by atoms with Crippen LogP contribution in [-0.4, -0.2) is 23.1 Å². The zero-order chi connectivity index (χ0) is 17.1. The number of hydrogen-bond donors (Lipinski definition) is 2. The maximum Gasteiger partial charge on any atom is 0.217 e. The lowest BCUT2D eigenvalue weighted by Crippen LogP contribution is -2.27. The smallest absolute Gasteiger partial charge is 0.217 e. The van der Waals surface area contributed by atoms with E-state index in [-0.39, 0.29) is 11.7 Å². The molecule has 0 radical (unpaired) electrons. The number of aromatic nitrogens is 1. The Morgan fingerprint density at radius 3 is 2.58 bits per heavy atom. The van der Waals surface area contributed by atoms with Gasteiger partial charge in [-0.2, -0.15) is 0 Å². The summed E-state index contributed by atoms with van der Waals surface area (Å²) in [6.07, 6.45) is 1.63. The number of rotatable bonds is 4. The third kappa shape index (κ3) is 3.01. The fourth-order valence-corrected chi connectivity index (χ4v) is 2.72. The Hall–Kier alpha value is -3.08. The molecule has 0 bridgehead atoms. The summed E-state index contributed by atoms with van der Waals surface area (Å²) in [5, 5.41) is 14.4. The van der Waals surface area contributed by atoms with Gasteiger partial charge in [-0.05, 0) is 23.8 Å². The molecule has 3 rings (SSSR count). The van der Waals surface area contributed by atoms with E-state index in [1.807, 2.05) is 48.5 Å². The van der Waals surface area contributed by atoms with Gasteiger partial charge in [-0.25, -0.2) is 0 Å². The number of methoxy groups -OCH3 is 1. The lowest BCUT2D eigenvalue weighted by atomic mass is 9.96. The monoisotopic (exact) mass is 322 g/mol. The van der Waals surface area contributed by atoms with Gasteiger partial charge in [0.1, 0.15) is 17.0 Å². The number of phenols is 1. The van der Waals surface area contributed by atoms with Crippen LogP contribution in [0.2, 0.25) is 0 Å². The highest BCUT2D eigenvalue weighted by Gasteiger charge is 2.20. The van der Waals surface area contributed by atoms with E-state index in [0.717, 1.165) is 16.7 Å². The fraction of sp³-hybridized carbons (Fsp3) is 0.158. The predicted octanol–water partition coefficient (Wildman–Crippen LogP) is 3.17. The molecule has 122 valence electrons. The highest BCUT2D eigenvalue weighted by atomic mass is 16.5. The first-order valence-electron chi connectivity index (χ1n) is 7.58. The van der Waals surface area contributed by atoms with Gasteiger partial charge in [-0.15, -0.1) is 0 Å². The Morgan fingerprint density at radius 2 is 1.92 bits per heavy atom. The summed E-state index contributed by atoms with van der Waals surface area (Å²) in [5.41, 5.74) is 1.96. The number of benzene rings is 2. The maximum atomic E-state index is 11.7. The molecule has 1 unspecified atom stereocenters. The van der Waals surface area contributed by atoms with Gasteiger partial charge >= 0.3 is 0 Å². The Balaban J connectivity index is 2.11. The molecule has 0 saturated heterocycles. The van der Waals surface area contributed by atoms with Crippen molar-refractivity contribution in [3.05, 3.63) is 65.9 Å². The quantitative estimate of drug-likeness (QED) is 0.774. The lowest BCUT2D eigenvalue weighted by molar-refractivity contribution is -0.119. The van der Waals surface area contributed by atoms with Gasteiger partial charge < -0.3 is 15.2 Å². The number of carbonyl (C=O) groups is 1. The van der Waals surface area contributed by atoms with Crippen molar-refractivity contribution in [2.24, 2.45) is 0 Å². The number of hydrogen-bond acceptors (Lipinski definition) is 4. The second kappa shape index (κ2) is 6.58. The van der Waals surface area contributed by atoms with Crippen molar-refractivity contribution in [3.8, 4) is 11.5 Å². The summed E-state index contributed by atoms with van der Waals surface area (Å²) in [7, 11) is 1.60. The van der Waals surface area contributed by atoms with Crippen molar-refractivity contribution < 1.29 is 14.6 Å². The molecule has 2 aromatic carbocycles. The van der Waals surface area contributed by atoms with Crippen LogP contribution in [0, 0.1) is 0 Å². The molecule has 1 atom stereocenters. The minimum Gasteiger partial charge on any atom is -0.505 e. The van der Waals surface area contributed by atoms with E-state index in [0.29, 0.717) is 11.1 Å². The number of pyridine rings is 1. The summed E-state index contributed by atoms with van der Waals surface area (Å²) >= 11 is 0. The highest BCUT2D eigenvalue weighted by molar-refractivity contribution is 5.86. The molecule has 0 spiro atoms. The van der Waals surface area contributed by atoms with Gasteiger partial charge in [0.15, 0.2) is 0 Å². The van der Waals surface area contributed by atoms with E-state index in [1.54, 1.807) is 13.3 Å². The van der Waals surface area contributed by atoms with E-state index < -0.39 is 6.04 Å². The van der Waals surface area contributed by atoms with E-state index >= 15 is 0 Å². The molecule has 1 amide bonds. The van der Waals surface area contributed by atoms with Gasteiger partial charge in [0.25, 0.3) is 0 Å². The molecule has 1 aromatic heterocycles. The lowest BCUT2D eigenvalue weighted by Gasteiger charge is -2.21. The molecule has 0 fully saturated rings. The molecule has 3 aromatic rings. The normalized spacial score (nSPS) is 11.9. The molecular formula is C19H18N2O3. The predicted molar refractivity (Wildman–Crippen MR) is 92.1 cm³/mol. The number of ether oxygens (including phenoxy) is 1. The zero-order valence-corrected chi connectivity index (χ0v) is 13.5. The van der Waals surface area contributed by atoms with E-state index in [9.17, 15) is 9.90 Å². The summed E-state index contributed by atoms with van der Waals surface area (Å²) in [4.78, 5) is 15.9. The van der Waals surface area contributed by atoms with E-state index in [4.69, 9.17) is 4.74 Å². The number of amides is 1. The SMILES string of the molecule is COc1ccc(C(NC(C)=O)c2ccc3cccnc3c2O)cc1. The third-order valence-corrected chi connectivity index (χ3v) is 3.89.